The minimum Gasteiger partial charge on any atom is -0.312 e. The standard InChI is InChI=1S/C11H13F2NOS/c1-3-9-10(14-2)7-4-6(12)5-8(13)11(7)16(9)15/h4-5,9-10,14H,3H2,1-2H3. The highest BCUT2D eigenvalue weighted by atomic mass is 32.2. The normalized spacial score (nSPS) is 28.1. The van der Waals surface area contributed by atoms with E-state index in [4.69, 9.17) is 0 Å². The summed E-state index contributed by atoms with van der Waals surface area (Å²) in [6.45, 7) is 1.90. The fraction of sp³-hybridized carbons (Fsp3) is 0.455. The topological polar surface area (TPSA) is 29.1 Å². The Hall–Kier alpha value is -0.810. The molecule has 3 unspecified atom stereocenters. The summed E-state index contributed by atoms with van der Waals surface area (Å²) >= 11 is 0. The molecule has 1 aliphatic rings. The predicted molar refractivity (Wildman–Crippen MR) is 58.6 cm³/mol. The lowest BCUT2D eigenvalue weighted by Gasteiger charge is -2.16. The lowest BCUT2D eigenvalue weighted by molar-refractivity contribution is 0.529. The van der Waals surface area contributed by atoms with E-state index < -0.39 is 22.4 Å². The highest BCUT2D eigenvalue weighted by Gasteiger charge is 2.39. The number of nitrogens with one attached hydrogen (secondary N) is 1. The zero-order valence-corrected chi connectivity index (χ0v) is 9.91. The van der Waals surface area contributed by atoms with Gasteiger partial charge in [-0.2, -0.15) is 0 Å². The lowest BCUT2D eigenvalue weighted by Crippen LogP contribution is -2.26. The molecule has 2 rings (SSSR count). The van der Waals surface area contributed by atoms with Crippen LogP contribution >= 0.6 is 0 Å². The van der Waals surface area contributed by atoms with Gasteiger partial charge >= 0.3 is 0 Å². The molecule has 0 bridgehead atoms. The molecule has 0 spiro atoms. The summed E-state index contributed by atoms with van der Waals surface area (Å²) in [5.41, 5.74) is 0.491. The molecule has 1 aromatic rings. The van der Waals surface area contributed by atoms with E-state index in [-0.39, 0.29) is 16.2 Å². The van der Waals surface area contributed by atoms with Crippen LogP contribution in [0.1, 0.15) is 24.9 Å². The summed E-state index contributed by atoms with van der Waals surface area (Å²) in [5.74, 6) is -1.32. The summed E-state index contributed by atoms with van der Waals surface area (Å²) in [6.07, 6.45) is 0.661. The second-order valence-corrected chi connectivity index (χ2v) is 5.42. The second-order valence-electron chi connectivity index (χ2n) is 3.82. The van der Waals surface area contributed by atoms with E-state index in [0.717, 1.165) is 6.07 Å². The summed E-state index contributed by atoms with van der Waals surface area (Å²) in [7, 11) is 0.321. The molecule has 5 heteroatoms. The lowest BCUT2D eigenvalue weighted by atomic mass is 10.0. The third kappa shape index (κ3) is 1.58. The van der Waals surface area contributed by atoms with E-state index >= 15 is 0 Å². The maximum atomic E-state index is 13.6. The zero-order valence-electron chi connectivity index (χ0n) is 9.09. The molecular weight excluding hydrogens is 232 g/mol. The number of hydrogen-bond acceptors (Lipinski definition) is 2. The van der Waals surface area contributed by atoms with Crippen molar-refractivity contribution in [2.45, 2.75) is 29.5 Å². The molecule has 3 atom stereocenters. The monoisotopic (exact) mass is 245 g/mol. The largest absolute Gasteiger partial charge is 0.312 e. The van der Waals surface area contributed by atoms with Gasteiger partial charge in [0.05, 0.1) is 20.9 Å². The van der Waals surface area contributed by atoms with Crippen molar-refractivity contribution in [3.8, 4) is 0 Å². The Bertz CT molecular complexity index is 450. The fourth-order valence-electron chi connectivity index (χ4n) is 2.23. The average molecular weight is 245 g/mol. The van der Waals surface area contributed by atoms with Gasteiger partial charge in [-0.3, -0.25) is 4.21 Å². The molecule has 16 heavy (non-hydrogen) atoms. The number of benzene rings is 1. The van der Waals surface area contributed by atoms with Gasteiger partial charge in [-0.05, 0) is 25.1 Å². The number of fused-ring (bicyclic) bond motifs is 1. The van der Waals surface area contributed by atoms with Gasteiger partial charge in [0.2, 0.25) is 0 Å². The van der Waals surface area contributed by atoms with Gasteiger partial charge in [-0.15, -0.1) is 0 Å². The van der Waals surface area contributed by atoms with Crippen LogP contribution in [0.2, 0.25) is 0 Å². The van der Waals surface area contributed by atoms with Crippen molar-refractivity contribution in [3.63, 3.8) is 0 Å². The van der Waals surface area contributed by atoms with Gasteiger partial charge in [0.15, 0.2) is 0 Å². The van der Waals surface area contributed by atoms with Crippen LogP contribution < -0.4 is 5.32 Å². The molecule has 0 saturated heterocycles. The number of halogens is 2. The average Bonchev–Trinajstić information content (AvgIpc) is 2.50. The van der Waals surface area contributed by atoms with Crippen LogP contribution in [0.3, 0.4) is 0 Å². The van der Waals surface area contributed by atoms with Gasteiger partial charge in [-0.25, -0.2) is 8.78 Å². The van der Waals surface area contributed by atoms with Crippen molar-refractivity contribution in [1.82, 2.24) is 5.32 Å². The van der Waals surface area contributed by atoms with Gasteiger partial charge < -0.3 is 5.32 Å². The molecule has 0 fully saturated rings. The van der Waals surface area contributed by atoms with Crippen LogP contribution in [0.15, 0.2) is 17.0 Å². The van der Waals surface area contributed by atoms with E-state index in [1.54, 1.807) is 7.05 Å². The van der Waals surface area contributed by atoms with E-state index in [0.29, 0.717) is 12.0 Å². The predicted octanol–water partition coefficient (Wildman–Crippen LogP) is 2.13. The Morgan fingerprint density at radius 3 is 2.69 bits per heavy atom. The summed E-state index contributed by atoms with van der Waals surface area (Å²) in [5, 5.41) is 2.80. The van der Waals surface area contributed by atoms with E-state index in [1.165, 1.54) is 6.07 Å². The zero-order chi connectivity index (χ0) is 11.9. The summed E-state index contributed by atoms with van der Waals surface area (Å²) < 4.78 is 38.7. The molecule has 0 radical (unpaired) electrons. The van der Waals surface area contributed by atoms with Crippen molar-refractivity contribution in [2.75, 3.05) is 7.05 Å². The van der Waals surface area contributed by atoms with Crippen LogP contribution in [0, 0.1) is 11.6 Å². The third-order valence-corrected chi connectivity index (χ3v) is 4.92. The van der Waals surface area contributed by atoms with Gasteiger partial charge in [0.25, 0.3) is 0 Å². The molecule has 2 nitrogen and oxygen atoms in total. The second kappa shape index (κ2) is 4.22. The summed E-state index contributed by atoms with van der Waals surface area (Å²) in [6, 6.07) is 1.83. The Labute approximate surface area is 95.5 Å². The molecule has 0 aromatic heterocycles. The van der Waals surface area contributed by atoms with E-state index in [1.807, 2.05) is 6.92 Å². The molecule has 88 valence electrons. The number of hydrogen-bond donors (Lipinski definition) is 1. The minimum atomic E-state index is -1.39. The third-order valence-electron chi connectivity index (χ3n) is 2.93. The molecule has 1 aliphatic heterocycles. The Morgan fingerprint density at radius 2 is 2.12 bits per heavy atom. The van der Waals surface area contributed by atoms with Crippen molar-refractivity contribution in [1.29, 1.82) is 0 Å². The Kier molecular flexibility index (Phi) is 3.08. The van der Waals surface area contributed by atoms with Crippen LogP contribution in [0.4, 0.5) is 8.78 Å². The molecule has 0 saturated carbocycles. The molecule has 0 amide bonds. The van der Waals surface area contributed by atoms with Crippen LogP contribution in [0.25, 0.3) is 0 Å². The first-order valence-electron chi connectivity index (χ1n) is 5.17. The van der Waals surface area contributed by atoms with Crippen LogP contribution in [0.5, 0.6) is 0 Å². The molecule has 1 N–H and O–H groups in total. The maximum Gasteiger partial charge on any atom is 0.142 e. The van der Waals surface area contributed by atoms with Crippen molar-refractivity contribution >= 4 is 10.8 Å². The fourth-order valence-corrected chi connectivity index (χ4v) is 4.03. The maximum absolute atomic E-state index is 13.6. The van der Waals surface area contributed by atoms with Crippen molar-refractivity contribution in [2.24, 2.45) is 0 Å². The SMILES string of the molecule is CCC1C(NC)c2cc(F)cc(F)c2S1=O. The highest BCUT2D eigenvalue weighted by Crippen LogP contribution is 2.39. The van der Waals surface area contributed by atoms with Crippen LogP contribution in [-0.2, 0) is 10.8 Å². The molecule has 1 aromatic carbocycles. The number of rotatable bonds is 2. The van der Waals surface area contributed by atoms with Crippen molar-refractivity contribution < 1.29 is 13.0 Å². The quantitative estimate of drug-likeness (QED) is 0.864. The highest BCUT2D eigenvalue weighted by molar-refractivity contribution is 7.86. The minimum absolute atomic E-state index is 0.160. The van der Waals surface area contributed by atoms with Gasteiger partial charge in [-0.1, -0.05) is 6.92 Å². The Morgan fingerprint density at radius 1 is 1.44 bits per heavy atom. The van der Waals surface area contributed by atoms with Crippen LogP contribution in [-0.4, -0.2) is 16.5 Å². The van der Waals surface area contributed by atoms with Gasteiger partial charge in [0.1, 0.15) is 11.6 Å². The first kappa shape index (κ1) is 11.7. The van der Waals surface area contributed by atoms with Crippen molar-refractivity contribution in [3.05, 3.63) is 29.3 Å². The summed E-state index contributed by atoms with van der Waals surface area (Å²) in [4.78, 5) is 0.160. The molecular formula is C11H13F2NOS. The van der Waals surface area contributed by atoms with Gasteiger partial charge in [0, 0.05) is 12.1 Å². The first-order chi connectivity index (χ1) is 7.60. The van der Waals surface area contributed by atoms with E-state index in [2.05, 4.69) is 5.32 Å². The Balaban J connectivity index is 2.61. The molecule has 0 aliphatic carbocycles. The van der Waals surface area contributed by atoms with E-state index in [9.17, 15) is 13.0 Å². The molecule has 1 heterocycles. The smallest absolute Gasteiger partial charge is 0.142 e. The first-order valence-corrected chi connectivity index (χ1v) is 6.38.